The number of aromatic nitrogens is 2. The van der Waals surface area contributed by atoms with Crippen molar-refractivity contribution in [1.82, 2.24) is 9.97 Å². The zero-order valence-corrected chi connectivity index (χ0v) is 10.6. The number of hydrogen-bond acceptors (Lipinski definition) is 5. The number of nitrogens with zero attached hydrogens (tertiary/aromatic N) is 1. The molecule has 0 bridgehead atoms. The van der Waals surface area contributed by atoms with Crippen molar-refractivity contribution in [1.29, 1.82) is 0 Å². The number of H-pyrrole nitrogens is 1. The molecule has 0 amide bonds. The zero-order chi connectivity index (χ0) is 14.0. The lowest BCUT2D eigenvalue weighted by Gasteiger charge is -2.35. The fourth-order valence-corrected chi connectivity index (χ4v) is 2.29. The van der Waals surface area contributed by atoms with Crippen molar-refractivity contribution in [3.8, 4) is 0 Å². The number of rotatable bonds is 5. The molecule has 0 atom stereocenters. The van der Waals surface area contributed by atoms with Gasteiger partial charge >= 0.3 is 13.5 Å². The van der Waals surface area contributed by atoms with Crippen molar-refractivity contribution < 1.29 is 23.3 Å². The minimum atomic E-state index is -4.44. The van der Waals surface area contributed by atoms with Crippen LogP contribution in [0.1, 0.15) is 12.8 Å². The molecule has 0 spiro atoms. The van der Waals surface area contributed by atoms with Crippen molar-refractivity contribution in [2.45, 2.75) is 18.9 Å². The average Bonchev–Trinajstić information content (AvgIpc) is 2.24. The molecule has 1 aromatic heterocycles. The first-order valence-corrected chi connectivity index (χ1v) is 7.08. The number of aromatic amines is 1. The van der Waals surface area contributed by atoms with Gasteiger partial charge in [-0.05, 0) is 18.8 Å². The Morgan fingerprint density at radius 3 is 2.89 bits per heavy atom. The smallest absolute Gasteiger partial charge is 0.366 e. The topological polar surface area (TPSA) is 125 Å². The second-order valence-electron chi connectivity index (χ2n) is 4.38. The SMILES string of the molecule is O=c1ncc(F)c(NC2CC(COP(=O)(O)O)C2)[nH]1. The van der Waals surface area contributed by atoms with E-state index >= 15 is 0 Å². The van der Waals surface area contributed by atoms with Gasteiger partial charge in [0.15, 0.2) is 5.82 Å². The van der Waals surface area contributed by atoms with E-state index in [9.17, 15) is 13.8 Å². The first-order chi connectivity index (χ1) is 8.83. The van der Waals surface area contributed by atoms with Gasteiger partial charge < -0.3 is 15.1 Å². The second-order valence-corrected chi connectivity index (χ2v) is 5.62. The van der Waals surface area contributed by atoms with Crippen LogP contribution in [0.2, 0.25) is 0 Å². The highest BCUT2D eigenvalue weighted by molar-refractivity contribution is 7.46. The summed E-state index contributed by atoms with van der Waals surface area (Å²) in [5.41, 5.74) is -0.649. The maximum atomic E-state index is 13.3. The van der Waals surface area contributed by atoms with Crippen molar-refractivity contribution >= 4 is 13.6 Å². The molecule has 0 aromatic carbocycles. The molecule has 19 heavy (non-hydrogen) atoms. The molecular formula is C9H13FN3O5P. The maximum absolute atomic E-state index is 13.3. The Morgan fingerprint density at radius 2 is 2.26 bits per heavy atom. The predicted molar refractivity (Wildman–Crippen MR) is 62.9 cm³/mol. The number of anilines is 1. The van der Waals surface area contributed by atoms with E-state index in [-0.39, 0.29) is 24.4 Å². The Kier molecular flexibility index (Phi) is 4.00. The van der Waals surface area contributed by atoms with E-state index in [1.165, 1.54) is 0 Å². The largest absolute Gasteiger partial charge is 0.469 e. The Morgan fingerprint density at radius 1 is 1.58 bits per heavy atom. The summed E-state index contributed by atoms with van der Waals surface area (Å²) >= 11 is 0. The number of phosphoric ester groups is 1. The molecule has 8 nitrogen and oxygen atoms in total. The summed E-state index contributed by atoms with van der Waals surface area (Å²) in [6, 6.07) is -0.0714. The molecule has 0 unspecified atom stereocenters. The highest BCUT2D eigenvalue weighted by Gasteiger charge is 2.31. The van der Waals surface area contributed by atoms with Crippen LogP contribution in [-0.2, 0) is 9.09 Å². The minimum absolute atomic E-state index is 0.00162. The molecule has 1 fully saturated rings. The monoisotopic (exact) mass is 293 g/mol. The van der Waals surface area contributed by atoms with E-state index in [1.54, 1.807) is 0 Å². The molecular weight excluding hydrogens is 280 g/mol. The zero-order valence-electron chi connectivity index (χ0n) is 9.74. The molecule has 0 radical (unpaired) electrons. The summed E-state index contributed by atoms with van der Waals surface area (Å²) < 4.78 is 28.1. The van der Waals surface area contributed by atoms with Gasteiger partial charge in [-0.2, -0.15) is 4.98 Å². The van der Waals surface area contributed by atoms with E-state index in [0.29, 0.717) is 12.8 Å². The first-order valence-electron chi connectivity index (χ1n) is 5.55. The summed E-state index contributed by atoms with van der Waals surface area (Å²) in [6.07, 6.45) is 1.97. The molecule has 106 valence electrons. The third kappa shape index (κ3) is 4.10. The number of halogens is 1. The number of hydrogen-bond donors (Lipinski definition) is 4. The molecule has 0 aliphatic heterocycles. The molecule has 1 aliphatic rings. The highest BCUT2D eigenvalue weighted by Crippen LogP contribution is 2.39. The van der Waals surface area contributed by atoms with Gasteiger partial charge in [0.05, 0.1) is 12.8 Å². The summed E-state index contributed by atoms with van der Waals surface area (Å²) in [7, 11) is -4.44. The van der Waals surface area contributed by atoms with Gasteiger partial charge in [-0.1, -0.05) is 0 Å². The minimum Gasteiger partial charge on any atom is -0.366 e. The summed E-state index contributed by atoms with van der Waals surface area (Å²) in [4.78, 5) is 33.5. The lowest BCUT2D eigenvalue weighted by atomic mass is 9.81. The van der Waals surface area contributed by atoms with Gasteiger partial charge in [0.25, 0.3) is 0 Å². The van der Waals surface area contributed by atoms with Gasteiger partial charge in [0, 0.05) is 6.04 Å². The van der Waals surface area contributed by atoms with Crippen LogP contribution in [0, 0.1) is 11.7 Å². The molecule has 1 saturated carbocycles. The molecule has 0 saturated heterocycles. The molecule has 4 N–H and O–H groups in total. The third-order valence-electron chi connectivity index (χ3n) is 2.83. The fraction of sp³-hybridized carbons (Fsp3) is 0.556. The Hall–Kier alpha value is -1.28. The van der Waals surface area contributed by atoms with E-state index in [4.69, 9.17) is 9.79 Å². The molecule has 1 aliphatic carbocycles. The van der Waals surface area contributed by atoms with Crippen molar-refractivity contribution in [3.63, 3.8) is 0 Å². The first kappa shape index (κ1) is 14.1. The van der Waals surface area contributed by atoms with Gasteiger partial charge in [0.2, 0.25) is 0 Å². The number of phosphoric acid groups is 1. The normalized spacial score (nSPS) is 22.9. The fourth-order valence-electron chi connectivity index (χ4n) is 1.88. The van der Waals surface area contributed by atoms with Gasteiger partial charge in [-0.3, -0.25) is 9.51 Å². The Bertz CT molecular complexity index is 553. The van der Waals surface area contributed by atoms with E-state index in [1.807, 2.05) is 0 Å². The molecule has 2 rings (SSSR count). The molecule has 1 aromatic rings. The van der Waals surface area contributed by atoms with Gasteiger partial charge in [-0.25, -0.2) is 13.8 Å². The lowest BCUT2D eigenvalue weighted by molar-refractivity contribution is 0.126. The van der Waals surface area contributed by atoms with E-state index < -0.39 is 19.3 Å². The summed E-state index contributed by atoms with van der Waals surface area (Å²) in [5.74, 6) is -0.685. The van der Waals surface area contributed by atoms with Gasteiger partial charge in [-0.15, -0.1) is 0 Å². The van der Waals surface area contributed by atoms with Crippen LogP contribution in [0.5, 0.6) is 0 Å². The van der Waals surface area contributed by atoms with E-state index in [2.05, 4.69) is 19.8 Å². The Balaban J connectivity index is 1.80. The van der Waals surface area contributed by atoms with Crippen molar-refractivity contribution in [2.75, 3.05) is 11.9 Å². The predicted octanol–water partition coefficient (Wildman–Crippen LogP) is 0.209. The van der Waals surface area contributed by atoms with Crippen LogP contribution in [0.25, 0.3) is 0 Å². The van der Waals surface area contributed by atoms with Crippen LogP contribution in [0.15, 0.2) is 11.0 Å². The standard InChI is InChI=1S/C9H13FN3O5P/c10-7-3-11-9(14)13-8(7)12-6-1-5(2-6)4-18-19(15,16)17/h3,5-6H,1-2,4H2,(H2,15,16,17)(H2,11,12,13,14). The molecule has 10 heteroatoms. The average molecular weight is 293 g/mol. The summed E-state index contributed by atoms with van der Waals surface area (Å²) in [6.45, 7) is -0.0438. The van der Waals surface area contributed by atoms with Crippen molar-refractivity contribution in [3.05, 3.63) is 22.5 Å². The number of nitrogens with one attached hydrogen (secondary N) is 2. The quantitative estimate of drug-likeness (QED) is 0.572. The van der Waals surface area contributed by atoms with E-state index in [0.717, 1.165) is 6.20 Å². The second kappa shape index (κ2) is 5.38. The van der Waals surface area contributed by atoms with Gasteiger partial charge in [0.1, 0.15) is 5.82 Å². The summed E-state index contributed by atoms with van der Waals surface area (Å²) in [5, 5.41) is 2.79. The van der Waals surface area contributed by atoms with Crippen LogP contribution in [-0.4, -0.2) is 32.4 Å². The van der Waals surface area contributed by atoms with Crippen molar-refractivity contribution in [2.24, 2.45) is 5.92 Å². The highest BCUT2D eigenvalue weighted by atomic mass is 31.2. The maximum Gasteiger partial charge on any atom is 0.469 e. The third-order valence-corrected chi connectivity index (χ3v) is 3.31. The van der Waals surface area contributed by atoms with Crippen LogP contribution < -0.4 is 11.0 Å². The lowest BCUT2D eigenvalue weighted by Crippen LogP contribution is -2.38. The van der Waals surface area contributed by atoms with Crippen LogP contribution >= 0.6 is 7.82 Å². The molecule has 1 heterocycles. The van der Waals surface area contributed by atoms with Crippen LogP contribution in [0.4, 0.5) is 10.2 Å². The van der Waals surface area contributed by atoms with Crippen LogP contribution in [0.3, 0.4) is 0 Å². The Labute approximate surface area is 107 Å².